The summed E-state index contributed by atoms with van der Waals surface area (Å²) >= 11 is 6.02. The van der Waals surface area contributed by atoms with Crippen LogP contribution in [0.3, 0.4) is 0 Å². The highest BCUT2D eigenvalue weighted by Crippen LogP contribution is 2.37. The average Bonchev–Trinajstić information content (AvgIpc) is 2.79. The Bertz CT molecular complexity index is 1280. The van der Waals surface area contributed by atoms with Crippen molar-refractivity contribution in [2.75, 3.05) is 18.0 Å². The van der Waals surface area contributed by atoms with E-state index >= 15 is 0 Å². The van der Waals surface area contributed by atoms with Crippen LogP contribution in [0.2, 0.25) is 5.02 Å². The number of halogens is 1. The molecule has 0 saturated carbocycles. The van der Waals surface area contributed by atoms with Gasteiger partial charge in [0.05, 0.1) is 16.7 Å². The Morgan fingerprint density at radius 2 is 1.66 bits per heavy atom. The van der Waals surface area contributed by atoms with E-state index in [-0.39, 0.29) is 5.75 Å². The first-order valence-corrected chi connectivity index (χ1v) is 11.1. The third kappa shape index (κ3) is 3.78. The molecule has 1 fully saturated rings. The number of rotatable bonds is 3. The summed E-state index contributed by atoms with van der Waals surface area (Å²) < 4.78 is 0. The zero-order chi connectivity index (χ0) is 22.3. The summed E-state index contributed by atoms with van der Waals surface area (Å²) in [4.78, 5) is 11.8. The van der Waals surface area contributed by atoms with Gasteiger partial charge < -0.3 is 15.1 Å². The van der Waals surface area contributed by atoms with Crippen LogP contribution in [0.4, 0.5) is 5.82 Å². The minimum atomic E-state index is -0.888. The van der Waals surface area contributed by atoms with Gasteiger partial charge in [0.15, 0.2) is 5.82 Å². The predicted molar refractivity (Wildman–Crippen MR) is 128 cm³/mol. The zero-order valence-electron chi connectivity index (χ0n) is 17.8. The highest BCUT2D eigenvalue weighted by Gasteiger charge is 2.35. The maximum Gasteiger partial charge on any atom is 0.165 e. The van der Waals surface area contributed by atoms with Crippen molar-refractivity contribution in [2.45, 2.75) is 25.4 Å². The quantitative estimate of drug-likeness (QED) is 0.438. The molecule has 0 radical (unpaired) electrons. The van der Waals surface area contributed by atoms with E-state index in [2.05, 4.69) is 17.0 Å². The summed E-state index contributed by atoms with van der Waals surface area (Å²) in [5.74, 6) is 1.47. The van der Waals surface area contributed by atoms with Gasteiger partial charge in [-0.15, -0.1) is 0 Å². The average molecular weight is 446 g/mol. The second-order valence-corrected chi connectivity index (χ2v) is 8.87. The molecule has 0 bridgehead atoms. The topological polar surface area (TPSA) is 69.5 Å². The van der Waals surface area contributed by atoms with Gasteiger partial charge in [-0.3, -0.25) is 0 Å². The fourth-order valence-electron chi connectivity index (χ4n) is 4.38. The molecule has 6 heteroatoms. The Morgan fingerprint density at radius 1 is 0.938 bits per heavy atom. The maximum atomic E-state index is 11.3. The Morgan fingerprint density at radius 3 is 2.38 bits per heavy atom. The lowest BCUT2D eigenvalue weighted by Crippen LogP contribution is -2.43. The first kappa shape index (κ1) is 20.7. The molecule has 0 amide bonds. The van der Waals surface area contributed by atoms with Crippen molar-refractivity contribution in [3.05, 3.63) is 82.9 Å². The van der Waals surface area contributed by atoms with E-state index in [0.717, 1.165) is 27.8 Å². The predicted octanol–water partition coefficient (Wildman–Crippen LogP) is 5.45. The molecule has 5 nitrogen and oxygen atoms in total. The third-order valence-electron chi connectivity index (χ3n) is 6.25. The molecule has 2 heterocycles. The first-order chi connectivity index (χ1) is 15.4. The zero-order valence-corrected chi connectivity index (χ0v) is 18.5. The van der Waals surface area contributed by atoms with Crippen LogP contribution < -0.4 is 4.90 Å². The monoisotopic (exact) mass is 445 g/mol. The number of aryl methyl sites for hydroxylation is 1. The number of benzene rings is 3. The highest BCUT2D eigenvalue weighted by atomic mass is 35.5. The second-order valence-electron chi connectivity index (χ2n) is 8.43. The molecule has 32 heavy (non-hydrogen) atoms. The number of piperidine rings is 1. The number of phenols is 1. The number of hydrogen-bond acceptors (Lipinski definition) is 5. The number of aromatic nitrogens is 2. The molecular weight excluding hydrogens is 422 g/mol. The van der Waals surface area contributed by atoms with E-state index < -0.39 is 5.60 Å². The second kappa shape index (κ2) is 8.08. The summed E-state index contributed by atoms with van der Waals surface area (Å²) in [5, 5.41) is 23.3. The molecule has 5 rings (SSSR count). The van der Waals surface area contributed by atoms with Crippen LogP contribution in [0.25, 0.3) is 22.3 Å². The largest absolute Gasteiger partial charge is 0.507 e. The van der Waals surface area contributed by atoms with Crippen LogP contribution in [0, 0.1) is 6.92 Å². The smallest absolute Gasteiger partial charge is 0.165 e. The molecule has 4 aromatic rings. The molecule has 3 aromatic carbocycles. The minimum absolute atomic E-state index is 0.154. The van der Waals surface area contributed by atoms with Gasteiger partial charge in [0, 0.05) is 23.5 Å². The van der Waals surface area contributed by atoms with Gasteiger partial charge in [0.1, 0.15) is 11.6 Å². The Balaban J connectivity index is 1.53. The maximum absolute atomic E-state index is 11.3. The number of phenolic OH excluding ortho intramolecular Hbond substituents is 1. The van der Waals surface area contributed by atoms with Crippen molar-refractivity contribution in [1.29, 1.82) is 0 Å². The number of aromatic hydroxyl groups is 1. The summed E-state index contributed by atoms with van der Waals surface area (Å²) in [6.45, 7) is 3.34. The van der Waals surface area contributed by atoms with Gasteiger partial charge in [-0.25, -0.2) is 9.97 Å². The fourth-order valence-corrected chi connectivity index (χ4v) is 4.51. The fraction of sp³-hybridized carbons (Fsp3) is 0.231. The number of para-hydroxylation sites is 1. The lowest BCUT2D eigenvalue weighted by atomic mass is 9.84. The lowest BCUT2D eigenvalue weighted by molar-refractivity contribution is 0.0117. The van der Waals surface area contributed by atoms with Crippen LogP contribution >= 0.6 is 11.6 Å². The van der Waals surface area contributed by atoms with Crippen molar-refractivity contribution in [2.24, 2.45) is 0 Å². The number of aliphatic hydroxyl groups is 1. The normalized spacial score (nSPS) is 15.8. The number of hydrogen-bond donors (Lipinski definition) is 2. The van der Waals surface area contributed by atoms with Crippen LogP contribution in [0.5, 0.6) is 5.75 Å². The van der Waals surface area contributed by atoms with Gasteiger partial charge in [-0.05, 0) is 67.3 Å². The van der Waals surface area contributed by atoms with Gasteiger partial charge in [0.2, 0.25) is 0 Å². The van der Waals surface area contributed by atoms with E-state index in [1.807, 2.05) is 49.4 Å². The molecule has 1 saturated heterocycles. The number of anilines is 1. The van der Waals surface area contributed by atoms with E-state index in [1.165, 1.54) is 0 Å². The summed E-state index contributed by atoms with van der Waals surface area (Å²) in [6, 6.07) is 20.7. The summed E-state index contributed by atoms with van der Waals surface area (Å²) in [5.41, 5.74) is 2.56. The van der Waals surface area contributed by atoms with Crippen LogP contribution in [0.15, 0.2) is 66.7 Å². The Hall–Kier alpha value is -3.15. The minimum Gasteiger partial charge on any atom is -0.507 e. The number of nitrogens with zero attached hydrogens (tertiary/aromatic N) is 3. The highest BCUT2D eigenvalue weighted by molar-refractivity contribution is 6.30. The van der Waals surface area contributed by atoms with Crippen molar-refractivity contribution in [3.63, 3.8) is 0 Å². The van der Waals surface area contributed by atoms with Gasteiger partial charge in [0.25, 0.3) is 0 Å². The Labute approximate surface area is 192 Å². The van der Waals surface area contributed by atoms with Crippen LogP contribution in [-0.2, 0) is 5.60 Å². The molecule has 162 valence electrons. The molecule has 0 unspecified atom stereocenters. The van der Waals surface area contributed by atoms with E-state index in [1.54, 1.807) is 12.1 Å². The Kier molecular flexibility index (Phi) is 5.24. The van der Waals surface area contributed by atoms with Gasteiger partial charge in [-0.2, -0.15) is 0 Å². The van der Waals surface area contributed by atoms with Crippen molar-refractivity contribution in [3.8, 4) is 17.1 Å². The third-order valence-corrected chi connectivity index (χ3v) is 6.50. The van der Waals surface area contributed by atoms with E-state index in [9.17, 15) is 10.2 Å². The molecule has 0 atom stereocenters. The molecule has 1 aromatic heterocycles. The molecule has 1 aliphatic heterocycles. The van der Waals surface area contributed by atoms with Crippen LogP contribution in [0.1, 0.15) is 24.0 Å². The standard InChI is InChI=1S/C26H24ClN3O2/c1-17-6-11-20-22(16-17)28-24(21-4-2-3-5-23(21)31)29-25(20)30-14-12-26(32,13-15-30)18-7-9-19(27)10-8-18/h2-11,16,31-32H,12-15H2,1H3. The van der Waals surface area contributed by atoms with Crippen LogP contribution in [-0.4, -0.2) is 33.3 Å². The molecule has 0 aliphatic carbocycles. The number of fused-ring (bicyclic) bond motifs is 1. The summed E-state index contributed by atoms with van der Waals surface area (Å²) in [6.07, 6.45) is 1.16. The van der Waals surface area contributed by atoms with E-state index in [0.29, 0.717) is 42.3 Å². The lowest BCUT2D eigenvalue weighted by Gasteiger charge is -2.39. The van der Waals surface area contributed by atoms with Gasteiger partial charge in [-0.1, -0.05) is 41.9 Å². The SMILES string of the molecule is Cc1ccc2c(N3CCC(O)(c4ccc(Cl)cc4)CC3)nc(-c3ccccc3O)nc2c1. The van der Waals surface area contributed by atoms with Gasteiger partial charge >= 0.3 is 0 Å². The van der Waals surface area contributed by atoms with E-state index in [4.69, 9.17) is 21.6 Å². The first-order valence-electron chi connectivity index (χ1n) is 10.7. The van der Waals surface area contributed by atoms with Crippen molar-refractivity contribution >= 4 is 28.3 Å². The molecule has 2 N–H and O–H groups in total. The van der Waals surface area contributed by atoms with Crippen molar-refractivity contribution < 1.29 is 10.2 Å². The van der Waals surface area contributed by atoms with Crippen molar-refractivity contribution in [1.82, 2.24) is 9.97 Å². The molecular formula is C26H24ClN3O2. The summed E-state index contributed by atoms with van der Waals surface area (Å²) in [7, 11) is 0. The molecule has 1 aliphatic rings. The molecule has 0 spiro atoms.